The summed E-state index contributed by atoms with van der Waals surface area (Å²) in [5.41, 5.74) is 5.72. The molecule has 0 fully saturated rings. The number of Topliss-reactive ketones (excluding diaryl/α,β-unsaturated/α-hetero) is 1. The topological polar surface area (TPSA) is 97.0 Å². The summed E-state index contributed by atoms with van der Waals surface area (Å²) in [6.07, 6.45) is 4.00. The molecule has 7 heteroatoms. The largest absolute Gasteiger partial charge is 0.497 e. The zero-order chi connectivity index (χ0) is 26.3. The first-order valence-electron chi connectivity index (χ1n) is 12.2. The molecular formula is C31H26N4O3. The molecule has 0 unspecified atom stereocenters. The van der Waals surface area contributed by atoms with Crippen LogP contribution in [0.25, 0.3) is 22.4 Å². The summed E-state index contributed by atoms with van der Waals surface area (Å²) >= 11 is 0. The van der Waals surface area contributed by atoms with Crippen molar-refractivity contribution in [1.29, 1.82) is 0 Å². The van der Waals surface area contributed by atoms with E-state index in [0.717, 1.165) is 33.7 Å². The molecule has 5 rings (SSSR count). The van der Waals surface area contributed by atoms with E-state index in [0.29, 0.717) is 24.1 Å². The third kappa shape index (κ3) is 5.68. The number of hydrogen-bond acceptors (Lipinski definition) is 5. The van der Waals surface area contributed by atoms with Gasteiger partial charge < -0.3 is 9.72 Å². The lowest BCUT2D eigenvalue weighted by Crippen LogP contribution is -2.13. The minimum Gasteiger partial charge on any atom is -0.497 e. The molecule has 7 nitrogen and oxygen atoms in total. The lowest BCUT2D eigenvalue weighted by atomic mass is 9.99. The number of aromatic nitrogens is 3. The number of ether oxygens (including phenoxy) is 1. The number of aryl methyl sites for hydroxylation is 1. The number of anilines is 1. The Morgan fingerprint density at radius 2 is 1.55 bits per heavy atom. The molecule has 0 radical (unpaired) electrons. The Hall–Kier alpha value is -5.04. The summed E-state index contributed by atoms with van der Waals surface area (Å²) in [6.45, 7) is 0. The molecule has 38 heavy (non-hydrogen) atoms. The molecule has 2 aromatic heterocycles. The zero-order valence-electron chi connectivity index (χ0n) is 20.8. The van der Waals surface area contributed by atoms with Gasteiger partial charge in [-0.05, 0) is 59.5 Å². The first-order valence-corrected chi connectivity index (χ1v) is 12.2. The normalized spacial score (nSPS) is 10.7. The average molecular weight is 503 g/mol. The number of carbonyl (C=O) groups excluding carboxylic acids is 2. The molecule has 0 aliphatic carbocycles. The number of nitrogens with zero attached hydrogens (tertiary/aromatic N) is 2. The highest BCUT2D eigenvalue weighted by atomic mass is 16.5. The molecule has 0 saturated heterocycles. The molecule has 0 bridgehead atoms. The number of methoxy groups -OCH3 is 1. The average Bonchev–Trinajstić information content (AvgIpc) is 3.43. The Labute approximate surface area is 220 Å². The predicted octanol–water partition coefficient (Wildman–Crippen LogP) is 6.22. The third-order valence-electron chi connectivity index (χ3n) is 6.23. The van der Waals surface area contributed by atoms with E-state index < -0.39 is 0 Å². The first kappa shape index (κ1) is 24.6. The van der Waals surface area contributed by atoms with E-state index in [2.05, 4.69) is 20.3 Å². The van der Waals surface area contributed by atoms with E-state index in [-0.39, 0.29) is 17.6 Å². The van der Waals surface area contributed by atoms with Gasteiger partial charge in [0.1, 0.15) is 5.75 Å². The van der Waals surface area contributed by atoms with Crippen molar-refractivity contribution < 1.29 is 14.3 Å². The molecule has 0 saturated carbocycles. The maximum atomic E-state index is 13.4. The van der Waals surface area contributed by atoms with Gasteiger partial charge in [-0.15, -0.1) is 0 Å². The highest BCUT2D eigenvalue weighted by Gasteiger charge is 2.18. The minimum atomic E-state index is -0.289. The second-order valence-electron chi connectivity index (χ2n) is 8.71. The van der Waals surface area contributed by atoms with Crippen molar-refractivity contribution in [3.63, 3.8) is 0 Å². The Bertz CT molecular complexity index is 1530. The van der Waals surface area contributed by atoms with Gasteiger partial charge in [0, 0.05) is 35.6 Å². The summed E-state index contributed by atoms with van der Waals surface area (Å²) in [5, 5.41) is 2.67. The summed E-state index contributed by atoms with van der Waals surface area (Å²) in [5.74, 6) is 0.735. The van der Waals surface area contributed by atoms with Crippen molar-refractivity contribution in [1.82, 2.24) is 15.0 Å². The highest BCUT2D eigenvalue weighted by Crippen LogP contribution is 2.32. The van der Waals surface area contributed by atoms with E-state index in [9.17, 15) is 9.59 Å². The standard InChI is InChI=1S/C31H26N4O3/c1-38-25-15-13-22(14-16-25)26-20-27(23-6-3-2-4-7-23)34-29(26)28(36)17-10-21-8-11-24(12-9-21)30(37)35-31-32-18-5-19-33-31/h2-9,11-16,18-20,34H,10,17H2,1H3,(H,32,33,35,37). The number of H-pyrrole nitrogens is 1. The molecule has 5 aromatic rings. The smallest absolute Gasteiger partial charge is 0.258 e. The lowest BCUT2D eigenvalue weighted by molar-refractivity contribution is 0.0977. The fraction of sp³-hybridized carbons (Fsp3) is 0.0968. The molecule has 0 aliphatic heterocycles. The van der Waals surface area contributed by atoms with E-state index >= 15 is 0 Å². The Balaban J connectivity index is 1.32. The molecule has 0 atom stereocenters. The summed E-state index contributed by atoms with van der Waals surface area (Å²) < 4.78 is 5.29. The second kappa shape index (κ2) is 11.3. The van der Waals surface area contributed by atoms with Crippen molar-refractivity contribution in [2.24, 2.45) is 0 Å². The number of rotatable bonds is 9. The van der Waals surface area contributed by atoms with E-state index in [1.54, 1.807) is 37.7 Å². The summed E-state index contributed by atoms with van der Waals surface area (Å²) in [4.78, 5) is 37.3. The second-order valence-corrected chi connectivity index (χ2v) is 8.71. The van der Waals surface area contributed by atoms with Gasteiger partial charge in [-0.2, -0.15) is 0 Å². The van der Waals surface area contributed by atoms with E-state index in [1.807, 2.05) is 72.8 Å². The molecule has 2 N–H and O–H groups in total. The van der Waals surface area contributed by atoms with Crippen LogP contribution in [-0.4, -0.2) is 33.8 Å². The number of benzene rings is 3. The maximum Gasteiger partial charge on any atom is 0.258 e. The fourth-order valence-electron chi connectivity index (χ4n) is 4.19. The van der Waals surface area contributed by atoms with Crippen LogP contribution in [0.2, 0.25) is 0 Å². The molecule has 3 aromatic carbocycles. The number of nitrogens with one attached hydrogen (secondary N) is 2. The first-order chi connectivity index (χ1) is 18.6. The van der Waals surface area contributed by atoms with Gasteiger partial charge in [0.15, 0.2) is 5.78 Å². The van der Waals surface area contributed by atoms with Gasteiger partial charge in [-0.25, -0.2) is 9.97 Å². The van der Waals surface area contributed by atoms with Gasteiger partial charge in [-0.1, -0.05) is 54.6 Å². The minimum absolute atomic E-state index is 0.0149. The predicted molar refractivity (Wildman–Crippen MR) is 147 cm³/mol. The third-order valence-corrected chi connectivity index (χ3v) is 6.23. The van der Waals surface area contributed by atoms with Gasteiger partial charge >= 0.3 is 0 Å². The van der Waals surface area contributed by atoms with Crippen LogP contribution >= 0.6 is 0 Å². The molecule has 0 aliphatic rings. The molecule has 2 heterocycles. The van der Waals surface area contributed by atoms with Crippen LogP contribution < -0.4 is 10.1 Å². The maximum absolute atomic E-state index is 13.4. The number of hydrogen-bond donors (Lipinski definition) is 2. The van der Waals surface area contributed by atoms with E-state index in [1.165, 1.54) is 0 Å². The summed E-state index contributed by atoms with van der Waals surface area (Å²) in [7, 11) is 1.63. The Morgan fingerprint density at radius 3 is 2.24 bits per heavy atom. The van der Waals surface area contributed by atoms with Crippen LogP contribution in [0.1, 0.15) is 32.8 Å². The van der Waals surface area contributed by atoms with Gasteiger partial charge in [0.05, 0.1) is 12.8 Å². The van der Waals surface area contributed by atoms with Crippen LogP contribution in [0, 0.1) is 0 Å². The Kier molecular flexibility index (Phi) is 7.36. The summed E-state index contributed by atoms with van der Waals surface area (Å²) in [6, 6.07) is 28.5. The van der Waals surface area contributed by atoms with E-state index in [4.69, 9.17) is 4.74 Å². The number of carbonyl (C=O) groups is 2. The molecule has 0 spiro atoms. The lowest BCUT2D eigenvalue weighted by Gasteiger charge is -2.07. The van der Waals surface area contributed by atoms with Crippen LogP contribution in [0.4, 0.5) is 5.95 Å². The molecular weight excluding hydrogens is 476 g/mol. The van der Waals surface area contributed by atoms with Crippen LogP contribution in [-0.2, 0) is 6.42 Å². The van der Waals surface area contributed by atoms with Gasteiger partial charge in [0.25, 0.3) is 5.91 Å². The number of amides is 1. The number of aromatic amines is 1. The van der Waals surface area contributed by atoms with Crippen molar-refractivity contribution >= 4 is 17.6 Å². The van der Waals surface area contributed by atoms with Crippen molar-refractivity contribution in [2.75, 3.05) is 12.4 Å². The van der Waals surface area contributed by atoms with Crippen molar-refractivity contribution in [2.45, 2.75) is 12.8 Å². The Morgan fingerprint density at radius 1 is 0.842 bits per heavy atom. The zero-order valence-corrected chi connectivity index (χ0v) is 20.8. The van der Waals surface area contributed by atoms with Gasteiger partial charge in [0.2, 0.25) is 5.95 Å². The van der Waals surface area contributed by atoms with Crippen LogP contribution in [0.5, 0.6) is 5.75 Å². The molecule has 1 amide bonds. The van der Waals surface area contributed by atoms with Gasteiger partial charge in [-0.3, -0.25) is 14.9 Å². The van der Waals surface area contributed by atoms with Crippen LogP contribution in [0.15, 0.2) is 103 Å². The highest BCUT2D eigenvalue weighted by molar-refractivity contribution is 6.03. The van der Waals surface area contributed by atoms with Crippen molar-refractivity contribution in [3.8, 4) is 28.1 Å². The monoisotopic (exact) mass is 502 g/mol. The number of ketones is 1. The van der Waals surface area contributed by atoms with Crippen molar-refractivity contribution in [3.05, 3.63) is 120 Å². The SMILES string of the molecule is COc1ccc(-c2cc(-c3ccccc3)[nH]c2C(=O)CCc2ccc(C(=O)Nc3ncccn3)cc2)cc1. The quantitative estimate of drug-likeness (QED) is 0.233. The fourth-order valence-corrected chi connectivity index (χ4v) is 4.19. The van der Waals surface area contributed by atoms with Crippen LogP contribution in [0.3, 0.4) is 0 Å². The molecule has 188 valence electrons.